The summed E-state index contributed by atoms with van der Waals surface area (Å²) in [4.78, 5) is 22.3. The molecule has 0 radical (unpaired) electrons. The molecule has 1 fully saturated rings. The molecule has 5 rings (SSSR count). The van der Waals surface area contributed by atoms with Crippen LogP contribution in [0.3, 0.4) is 0 Å². The molecule has 12 heteroatoms. The number of thiazole rings is 1. The Hall–Kier alpha value is -2.70. The highest BCUT2D eigenvalue weighted by Gasteiger charge is 2.20. The van der Waals surface area contributed by atoms with Gasteiger partial charge in [0, 0.05) is 55.0 Å². The second kappa shape index (κ2) is 12.6. The number of aromatic nitrogens is 1. The van der Waals surface area contributed by atoms with Gasteiger partial charge >= 0.3 is 0 Å². The molecular formula is C27H29BrClN5O3S2. The molecule has 0 bridgehead atoms. The Morgan fingerprint density at radius 3 is 2.51 bits per heavy atom. The van der Waals surface area contributed by atoms with E-state index in [0.717, 1.165) is 53.4 Å². The summed E-state index contributed by atoms with van der Waals surface area (Å²) in [5.74, 6) is -0.236. The lowest BCUT2D eigenvalue weighted by molar-refractivity contribution is 0.0948. The number of anilines is 2. The van der Waals surface area contributed by atoms with E-state index in [9.17, 15) is 13.2 Å². The van der Waals surface area contributed by atoms with Gasteiger partial charge in [-0.3, -0.25) is 14.4 Å². The number of nitrogens with zero attached hydrogens (tertiary/aromatic N) is 3. The van der Waals surface area contributed by atoms with Crippen LogP contribution in [0.25, 0.3) is 10.2 Å². The Labute approximate surface area is 247 Å². The first-order valence-electron chi connectivity index (χ1n) is 12.3. The van der Waals surface area contributed by atoms with E-state index in [-0.39, 0.29) is 23.2 Å². The molecule has 2 N–H and O–H groups in total. The highest BCUT2D eigenvalue weighted by Crippen LogP contribution is 2.31. The van der Waals surface area contributed by atoms with Gasteiger partial charge in [-0.2, -0.15) is 0 Å². The van der Waals surface area contributed by atoms with Crippen LogP contribution in [0.15, 0.2) is 76.1 Å². The largest absolute Gasteiger partial charge is 0.351 e. The van der Waals surface area contributed by atoms with Gasteiger partial charge in [-0.05, 0) is 55.5 Å². The van der Waals surface area contributed by atoms with Gasteiger partial charge in [0.1, 0.15) is 0 Å². The van der Waals surface area contributed by atoms with Crippen LogP contribution < -0.4 is 14.9 Å². The Kier molecular flexibility index (Phi) is 9.50. The molecule has 1 aliphatic rings. The number of carbonyl (C=O) groups is 1. The standard InChI is InChI=1S/C27H28BrN5O3S2.ClH/c1-19-5-8-23(9-6-19)38(35,36)31-22-4-2-3-20(17-22)26(34)29-11-12-32-13-15-33(16-14-32)27-30-24-10-7-21(28)18-25(24)37-27;/h2-10,17-18,31H,11-16H2,1H3,(H,29,34);1H. The third-order valence-corrected chi connectivity index (χ3v) is 9.37. The summed E-state index contributed by atoms with van der Waals surface area (Å²) >= 11 is 5.23. The average molecular weight is 651 g/mol. The van der Waals surface area contributed by atoms with Crippen molar-refractivity contribution in [1.82, 2.24) is 15.2 Å². The zero-order chi connectivity index (χ0) is 26.7. The smallest absolute Gasteiger partial charge is 0.261 e. The number of nitrogens with one attached hydrogen (secondary N) is 2. The minimum absolute atomic E-state index is 0. The maximum absolute atomic E-state index is 12.7. The van der Waals surface area contributed by atoms with Gasteiger partial charge in [0.25, 0.3) is 15.9 Å². The topological polar surface area (TPSA) is 94.6 Å². The molecule has 0 unspecified atom stereocenters. The number of rotatable bonds is 8. The molecule has 206 valence electrons. The Morgan fingerprint density at radius 2 is 1.77 bits per heavy atom. The SMILES string of the molecule is Cc1ccc(S(=O)(=O)Nc2cccc(C(=O)NCCN3CCN(c4nc5ccc(Br)cc5s4)CC3)c2)cc1.Cl. The van der Waals surface area contributed by atoms with Crippen molar-refractivity contribution in [2.75, 3.05) is 48.9 Å². The van der Waals surface area contributed by atoms with Crippen molar-refractivity contribution >= 4 is 76.6 Å². The van der Waals surface area contributed by atoms with E-state index < -0.39 is 10.0 Å². The monoisotopic (exact) mass is 649 g/mol. The minimum Gasteiger partial charge on any atom is -0.351 e. The maximum atomic E-state index is 12.7. The summed E-state index contributed by atoms with van der Waals surface area (Å²) in [6, 6.07) is 19.3. The van der Waals surface area contributed by atoms with E-state index >= 15 is 0 Å². The lowest BCUT2D eigenvalue weighted by Gasteiger charge is -2.34. The van der Waals surface area contributed by atoms with Crippen LogP contribution in [0.5, 0.6) is 0 Å². The molecule has 3 aromatic carbocycles. The zero-order valence-electron chi connectivity index (χ0n) is 21.3. The number of halogens is 2. The fourth-order valence-electron chi connectivity index (χ4n) is 4.27. The van der Waals surface area contributed by atoms with E-state index in [4.69, 9.17) is 4.98 Å². The van der Waals surface area contributed by atoms with Crippen LogP contribution in [0, 0.1) is 6.92 Å². The molecule has 1 amide bonds. The first-order chi connectivity index (χ1) is 18.3. The van der Waals surface area contributed by atoms with Crippen molar-refractivity contribution in [1.29, 1.82) is 0 Å². The molecule has 1 aliphatic heterocycles. The minimum atomic E-state index is -3.74. The number of piperazine rings is 1. The molecule has 0 aliphatic carbocycles. The number of fused-ring (bicyclic) bond motifs is 1. The molecule has 1 saturated heterocycles. The van der Waals surface area contributed by atoms with Gasteiger partial charge in [0.05, 0.1) is 15.1 Å². The van der Waals surface area contributed by atoms with Crippen LogP contribution >= 0.6 is 39.7 Å². The van der Waals surface area contributed by atoms with Crippen molar-refractivity contribution < 1.29 is 13.2 Å². The zero-order valence-corrected chi connectivity index (χ0v) is 25.3. The molecule has 0 atom stereocenters. The maximum Gasteiger partial charge on any atom is 0.261 e. The van der Waals surface area contributed by atoms with Gasteiger partial charge in [-0.1, -0.05) is 51.0 Å². The van der Waals surface area contributed by atoms with Gasteiger partial charge in [-0.15, -0.1) is 12.4 Å². The van der Waals surface area contributed by atoms with Crippen molar-refractivity contribution in [3.8, 4) is 0 Å². The molecule has 8 nitrogen and oxygen atoms in total. The van der Waals surface area contributed by atoms with Gasteiger partial charge in [-0.25, -0.2) is 13.4 Å². The van der Waals surface area contributed by atoms with Gasteiger partial charge in [0.2, 0.25) is 0 Å². The number of benzene rings is 3. The summed E-state index contributed by atoms with van der Waals surface area (Å²) < 4.78 is 30.2. The molecule has 0 spiro atoms. The van der Waals surface area contributed by atoms with Crippen molar-refractivity contribution in [3.05, 3.63) is 82.3 Å². The first-order valence-corrected chi connectivity index (χ1v) is 15.4. The molecule has 0 saturated carbocycles. The number of hydrogen-bond acceptors (Lipinski definition) is 7. The number of sulfonamides is 1. The van der Waals surface area contributed by atoms with Crippen LogP contribution in [-0.2, 0) is 10.0 Å². The highest BCUT2D eigenvalue weighted by atomic mass is 79.9. The van der Waals surface area contributed by atoms with Crippen LogP contribution in [0.1, 0.15) is 15.9 Å². The summed E-state index contributed by atoms with van der Waals surface area (Å²) in [5.41, 5.74) is 2.74. The summed E-state index contributed by atoms with van der Waals surface area (Å²) in [6.45, 7) is 6.71. The normalized spacial score (nSPS) is 14.2. The summed E-state index contributed by atoms with van der Waals surface area (Å²) in [5, 5.41) is 4.00. The Bertz CT molecular complexity index is 1560. The molecule has 4 aromatic rings. The summed E-state index contributed by atoms with van der Waals surface area (Å²) in [7, 11) is -3.74. The second-order valence-corrected chi connectivity index (χ2v) is 12.8. The second-order valence-electron chi connectivity index (χ2n) is 9.19. The fraction of sp³-hybridized carbons (Fsp3) is 0.259. The van der Waals surface area contributed by atoms with E-state index in [0.29, 0.717) is 17.8 Å². The van der Waals surface area contributed by atoms with Gasteiger partial charge < -0.3 is 10.2 Å². The van der Waals surface area contributed by atoms with Crippen LogP contribution in [0.2, 0.25) is 0 Å². The van der Waals surface area contributed by atoms with Crippen LogP contribution in [0.4, 0.5) is 10.8 Å². The van der Waals surface area contributed by atoms with E-state index in [1.54, 1.807) is 59.9 Å². The van der Waals surface area contributed by atoms with Crippen molar-refractivity contribution in [2.45, 2.75) is 11.8 Å². The van der Waals surface area contributed by atoms with Crippen LogP contribution in [-0.4, -0.2) is 63.5 Å². The van der Waals surface area contributed by atoms with Crippen molar-refractivity contribution in [2.24, 2.45) is 0 Å². The number of amides is 1. The number of aryl methyl sites for hydroxylation is 1. The third-order valence-electron chi connectivity index (χ3n) is 6.40. The number of hydrogen-bond donors (Lipinski definition) is 2. The third kappa shape index (κ3) is 7.29. The fourth-order valence-corrected chi connectivity index (χ4v) is 6.89. The molecule has 1 aromatic heterocycles. The average Bonchev–Trinajstić information content (AvgIpc) is 3.32. The van der Waals surface area contributed by atoms with E-state index in [2.05, 4.69) is 41.8 Å². The first kappa shape index (κ1) is 29.3. The Balaban J connectivity index is 0.00000353. The van der Waals surface area contributed by atoms with Crippen molar-refractivity contribution in [3.63, 3.8) is 0 Å². The quantitative estimate of drug-likeness (QED) is 0.274. The number of carbonyl (C=O) groups excluding carboxylic acids is 1. The van der Waals surface area contributed by atoms with E-state index in [1.165, 1.54) is 4.70 Å². The predicted molar refractivity (Wildman–Crippen MR) is 164 cm³/mol. The molecule has 2 heterocycles. The molecular weight excluding hydrogens is 622 g/mol. The Morgan fingerprint density at radius 1 is 1.03 bits per heavy atom. The lowest BCUT2D eigenvalue weighted by atomic mass is 10.2. The highest BCUT2D eigenvalue weighted by molar-refractivity contribution is 9.10. The van der Waals surface area contributed by atoms with Gasteiger partial charge in [0.15, 0.2) is 5.13 Å². The molecule has 39 heavy (non-hydrogen) atoms. The predicted octanol–water partition coefficient (Wildman–Crippen LogP) is 5.14. The lowest BCUT2D eigenvalue weighted by Crippen LogP contribution is -2.48. The summed E-state index contributed by atoms with van der Waals surface area (Å²) in [6.07, 6.45) is 0. The van der Waals surface area contributed by atoms with E-state index in [1.807, 2.05) is 19.1 Å².